The predicted molar refractivity (Wildman–Crippen MR) is 97.7 cm³/mol. The molecule has 1 atom stereocenters. The Labute approximate surface area is 144 Å². The van der Waals surface area contributed by atoms with Gasteiger partial charge in [0, 0.05) is 5.69 Å². The van der Waals surface area contributed by atoms with Crippen LogP contribution >= 0.6 is 0 Å². The van der Waals surface area contributed by atoms with Crippen molar-refractivity contribution in [2.75, 3.05) is 5.32 Å². The molecule has 0 aromatic heterocycles. The second kappa shape index (κ2) is 7.08. The van der Waals surface area contributed by atoms with Crippen molar-refractivity contribution < 1.29 is 9.53 Å². The van der Waals surface area contributed by atoms with Gasteiger partial charge >= 0.3 is 0 Å². The van der Waals surface area contributed by atoms with Crippen molar-refractivity contribution in [1.29, 1.82) is 0 Å². The summed E-state index contributed by atoms with van der Waals surface area (Å²) in [6.07, 6.45) is 4.04. The Morgan fingerprint density at radius 2 is 1.79 bits per heavy atom. The fourth-order valence-corrected chi connectivity index (χ4v) is 3.39. The Morgan fingerprint density at radius 3 is 2.54 bits per heavy atom. The lowest BCUT2D eigenvalue weighted by Gasteiger charge is -2.22. The quantitative estimate of drug-likeness (QED) is 0.894. The van der Waals surface area contributed by atoms with Crippen LogP contribution in [-0.4, -0.2) is 12.0 Å². The van der Waals surface area contributed by atoms with E-state index in [4.69, 9.17) is 4.74 Å². The van der Waals surface area contributed by atoms with E-state index in [0.717, 1.165) is 35.4 Å². The topological polar surface area (TPSA) is 38.3 Å². The zero-order valence-corrected chi connectivity index (χ0v) is 14.7. The second-order valence-electron chi connectivity index (χ2n) is 6.73. The molecule has 3 heteroatoms. The van der Waals surface area contributed by atoms with E-state index in [0.29, 0.717) is 0 Å². The summed E-state index contributed by atoms with van der Waals surface area (Å²) in [5.74, 6) is 0.740. The number of anilines is 1. The van der Waals surface area contributed by atoms with E-state index in [1.807, 2.05) is 38.1 Å². The van der Waals surface area contributed by atoms with Crippen molar-refractivity contribution >= 4 is 11.6 Å². The lowest BCUT2D eigenvalue weighted by molar-refractivity contribution is -0.122. The molecule has 0 spiro atoms. The predicted octanol–water partition coefficient (Wildman–Crippen LogP) is 4.59. The van der Waals surface area contributed by atoms with Crippen molar-refractivity contribution in [3.8, 4) is 5.75 Å². The Bertz CT molecular complexity index is 731. The van der Waals surface area contributed by atoms with Gasteiger partial charge in [-0.25, -0.2) is 0 Å². The third kappa shape index (κ3) is 3.78. The summed E-state index contributed by atoms with van der Waals surface area (Å²) in [6.45, 7) is 5.86. The Morgan fingerprint density at radius 1 is 1.08 bits per heavy atom. The Hall–Kier alpha value is -2.29. The van der Waals surface area contributed by atoms with Gasteiger partial charge in [-0.2, -0.15) is 0 Å². The maximum Gasteiger partial charge on any atom is 0.265 e. The molecule has 3 rings (SSSR count). The monoisotopic (exact) mass is 323 g/mol. The van der Waals surface area contributed by atoms with Crippen LogP contribution in [0.5, 0.6) is 5.75 Å². The summed E-state index contributed by atoms with van der Waals surface area (Å²) in [7, 11) is 0. The fraction of sp³-hybridized carbons (Fsp3) is 0.381. The molecule has 0 saturated carbocycles. The SMILES string of the molecule is Cc1cc(C)cc(NC(=O)[C@@H](C)Oc2cccc3c2CCCC3)c1. The van der Waals surface area contributed by atoms with Gasteiger partial charge in [0.2, 0.25) is 0 Å². The van der Waals surface area contributed by atoms with Gasteiger partial charge in [-0.05, 0) is 86.9 Å². The van der Waals surface area contributed by atoms with Gasteiger partial charge in [0.1, 0.15) is 5.75 Å². The molecule has 0 bridgehead atoms. The molecule has 24 heavy (non-hydrogen) atoms. The highest BCUT2D eigenvalue weighted by atomic mass is 16.5. The van der Waals surface area contributed by atoms with Crippen LogP contribution in [0.3, 0.4) is 0 Å². The summed E-state index contributed by atoms with van der Waals surface area (Å²) in [6, 6.07) is 12.2. The largest absolute Gasteiger partial charge is 0.481 e. The first-order valence-corrected chi connectivity index (χ1v) is 8.69. The molecule has 0 fully saturated rings. The van der Waals surface area contributed by atoms with Crippen LogP contribution in [0.1, 0.15) is 42.0 Å². The molecule has 0 saturated heterocycles. The van der Waals surface area contributed by atoms with Gasteiger partial charge in [-0.3, -0.25) is 4.79 Å². The number of rotatable bonds is 4. The molecular weight excluding hydrogens is 298 g/mol. The molecule has 0 radical (unpaired) electrons. The number of hydrogen-bond acceptors (Lipinski definition) is 2. The first-order valence-electron chi connectivity index (χ1n) is 8.69. The summed E-state index contributed by atoms with van der Waals surface area (Å²) in [4.78, 5) is 12.5. The van der Waals surface area contributed by atoms with E-state index in [-0.39, 0.29) is 5.91 Å². The van der Waals surface area contributed by atoms with Crippen molar-refractivity contribution in [2.45, 2.75) is 52.6 Å². The number of aryl methyl sites for hydroxylation is 3. The molecule has 1 N–H and O–H groups in total. The summed E-state index contributed by atoms with van der Waals surface area (Å²) >= 11 is 0. The van der Waals surface area contributed by atoms with Crippen molar-refractivity contribution in [3.05, 3.63) is 58.7 Å². The van der Waals surface area contributed by atoms with Crippen LogP contribution in [0.15, 0.2) is 36.4 Å². The van der Waals surface area contributed by atoms with E-state index in [1.54, 1.807) is 6.92 Å². The molecule has 0 aliphatic heterocycles. The van der Waals surface area contributed by atoms with Gasteiger partial charge in [-0.15, -0.1) is 0 Å². The molecule has 2 aromatic carbocycles. The van der Waals surface area contributed by atoms with E-state index in [9.17, 15) is 4.79 Å². The highest BCUT2D eigenvalue weighted by Crippen LogP contribution is 2.30. The van der Waals surface area contributed by atoms with Gasteiger partial charge in [0.25, 0.3) is 5.91 Å². The minimum absolute atomic E-state index is 0.117. The maximum absolute atomic E-state index is 12.5. The minimum atomic E-state index is -0.528. The minimum Gasteiger partial charge on any atom is -0.481 e. The van der Waals surface area contributed by atoms with Crippen LogP contribution in [-0.2, 0) is 17.6 Å². The van der Waals surface area contributed by atoms with Crippen LogP contribution in [0.2, 0.25) is 0 Å². The first-order chi connectivity index (χ1) is 11.5. The lowest BCUT2D eigenvalue weighted by atomic mass is 9.91. The third-order valence-electron chi connectivity index (χ3n) is 4.52. The van der Waals surface area contributed by atoms with Crippen molar-refractivity contribution in [2.24, 2.45) is 0 Å². The van der Waals surface area contributed by atoms with E-state index >= 15 is 0 Å². The summed E-state index contributed by atoms with van der Waals surface area (Å²) in [5.41, 5.74) is 5.73. The van der Waals surface area contributed by atoms with Gasteiger partial charge in [0.05, 0.1) is 0 Å². The molecule has 1 aliphatic carbocycles. The molecule has 0 heterocycles. The molecular formula is C21H25NO2. The molecule has 1 amide bonds. The summed E-state index contributed by atoms with van der Waals surface area (Å²) < 4.78 is 6.00. The highest BCUT2D eigenvalue weighted by molar-refractivity contribution is 5.94. The number of amides is 1. The average Bonchev–Trinajstić information content (AvgIpc) is 2.54. The molecule has 1 aliphatic rings. The van der Waals surface area contributed by atoms with Crippen molar-refractivity contribution in [1.82, 2.24) is 0 Å². The van der Waals surface area contributed by atoms with Gasteiger partial charge in [0.15, 0.2) is 6.10 Å². The average molecular weight is 323 g/mol. The molecule has 3 nitrogen and oxygen atoms in total. The number of benzene rings is 2. The number of carbonyl (C=O) groups excluding carboxylic acids is 1. The fourth-order valence-electron chi connectivity index (χ4n) is 3.39. The number of carbonyl (C=O) groups is 1. The zero-order valence-electron chi connectivity index (χ0n) is 14.7. The maximum atomic E-state index is 12.5. The van der Waals surface area contributed by atoms with Crippen LogP contribution in [0.25, 0.3) is 0 Å². The van der Waals surface area contributed by atoms with E-state index in [2.05, 4.69) is 17.4 Å². The normalized spacial score (nSPS) is 14.6. The Balaban J connectivity index is 1.70. The molecule has 0 unspecified atom stereocenters. The highest BCUT2D eigenvalue weighted by Gasteiger charge is 2.19. The Kier molecular flexibility index (Phi) is 4.89. The van der Waals surface area contributed by atoms with Gasteiger partial charge in [-0.1, -0.05) is 18.2 Å². The number of nitrogens with one attached hydrogen (secondary N) is 1. The standard InChI is InChI=1S/C21H25NO2/c1-14-11-15(2)13-18(12-14)22-21(23)16(3)24-20-10-6-8-17-7-4-5-9-19(17)20/h6,8,10-13,16H,4-5,7,9H2,1-3H3,(H,22,23)/t16-/m1/s1. The zero-order chi connectivity index (χ0) is 17.1. The van der Waals surface area contributed by atoms with Gasteiger partial charge < -0.3 is 10.1 Å². The number of hydrogen-bond donors (Lipinski definition) is 1. The number of ether oxygens (including phenoxy) is 1. The van der Waals surface area contributed by atoms with Crippen molar-refractivity contribution in [3.63, 3.8) is 0 Å². The first kappa shape index (κ1) is 16.6. The third-order valence-corrected chi connectivity index (χ3v) is 4.52. The number of fused-ring (bicyclic) bond motifs is 1. The molecule has 2 aromatic rings. The second-order valence-corrected chi connectivity index (χ2v) is 6.73. The lowest BCUT2D eigenvalue weighted by Crippen LogP contribution is -2.30. The molecule has 126 valence electrons. The summed E-state index contributed by atoms with van der Waals surface area (Å²) in [5, 5.41) is 2.96. The van der Waals surface area contributed by atoms with Crippen LogP contribution < -0.4 is 10.1 Å². The van der Waals surface area contributed by atoms with E-state index in [1.165, 1.54) is 24.0 Å². The van der Waals surface area contributed by atoms with Crippen LogP contribution in [0, 0.1) is 13.8 Å². The van der Waals surface area contributed by atoms with E-state index < -0.39 is 6.10 Å². The van der Waals surface area contributed by atoms with Crippen LogP contribution in [0.4, 0.5) is 5.69 Å². The smallest absolute Gasteiger partial charge is 0.265 e.